The first-order valence-corrected chi connectivity index (χ1v) is 10.2. The number of amides is 1. The molecule has 0 radical (unpaired) electrons. The van der Waals surface area contributed by atoms with Crippen molar-refractivity contribution in [1.29, 1.82) is 0 Å². The first-order valence-electron chi connectivity index (χ1n) is 10.2. The van der Waals surface area contributed by atoms with Crippen LogP contribution in [0.25, 0.3) is 10.9 Å². The first kappa shape index (κ1) is 21.4. The summed E-state index contributed by atoms with van der Waals surface area (Å²) in [5.74, 6) is 0.395. The number of pyridine rings is 1. The van der Waals surface area contributed by atoms with Crippen molar-refractivity contribution < 1.29 is 23.8 Å². The van der Waals surface area contributed by atoms with Gasteiger partial charge in [0.25, 0.3) is 5.91 Å². The monoisotopic (exact) mass is 436 g/mol. The van der Waals surface area contributed by atoms with E-state index in [0.29, 0.717) is 58.3 Å². The van der Waals surface area contributed by atoms with Gasteiger partial charge in [0.05, 0.1) is 28.9 Å². The second kappa shape index (κ2) is 9.11. The lowest BCUT2D eigenvalue weighted by molar-refractivity contribution is 0.0992. The van der Waals surface area contributed by atoms with Crippen molar-refractivity contribution in [1.82, 2.24) is 4.98 Å². The number of methoxy groups -OCH3 is 1. The minimum atomic E-state index is -0.646. The predicted octanol–water partition coefficient (Wildman–Crippen LogP) is 3.12. The Morgan fingerprint density at radius 3 is 2.69 bits per heavy atom. The molecule has 1 aromatic heterocycles. The van der Waals surface area contributed by atoms with E-state index in [2.05, 4.69) is 10.3 Å². The number of aromatic nitrogens is 1. The molecule has 0 unspecified atom stereocenters. The van der Waals surface area contributed by atoms with Crippen molar-refractivity contribution in [2.24, 2.45) is 5.73 Å². The van der Waals surface area contributed by atoms with Crippen LogP contribution in [0.2, 0.25) is 0 Å². The van der Waals surface area contributed by atoms with Gasteiger partial charge in [-0.2, -0.15) is 0 Å². The number of nitrogens with zero attached hydrogens (tertiary/aromatic N) is 1. The molecule has 32 heavy (non-hydrogen) atoms. The van der Waals surface area contributed by atoms with Crippen LogP contribution in [0.4, 0.5) is 11.4 Å². The molecule has 9 heteroatoms. The molecule has 1 fully saturated rings. The molecular weight excluding hydrogens is 412 g/mol. The number of nitrogen functional groups attached to an aromatic ring is 1. The smallest absolute Gasteiger partial charge is 0.252 e. The summed E-state index contributed by atoms with van der Waals surface area (Å²) < 4.78 is 16.7. The Hall–Kier alpha value is -3.85. The summed E-state index contributed by atoms with van der Waals surface area (Å²) >= 11 is 0. The Labute approximate surface area is 184 Å². The van der Waals surface area contributed by atoms with Crippen LogP contribution in [-0.2, 0) is 4.74 Å². The molecule has 1 saturated carbocycles. The van der Waals surface area contributed by atoms with Crippen molar-refractivity contribution in [2.75, 3.05) is 31.4 Å². The van der Waals surface area contributed by atoms with E-state index >= 15 is 0 Å². The van der Waals surface area contributed by atoms with Crippen LogP contribution in [0.1, 0.15) is 33.6 Å². The highest BCUT2D eigenvalue weighted by Crippen LogP contribution is 2.38. The standard InChI is InChI=1S/C23H24N4O5/c1-30-8-9-31-21-11-18-14(10-15(21)23(25)29)19(6-7-26-18)32-20-5-4-17(27-13-2-3-13)16(12-28)22(20)24/h4-7,10-13,27H,2-3,8-9,24H2,1H3,(H2,25,29). The maximum Gasteiger partial charge on any atom is 0.252 e. The van der Waals surface area contributed by atoms with Crippen LogP contribution in [0, 0.1) is 0 Å². The van der Waals surface area contributed by atoms with Gasteiger partial charge in [0, 0.05) is 36.5 Å². The molecule has 1 amide bonds. The highest BCUT2D eigenvalue weighted by atomic mass is 16.5. The van der Waals surface area contributed by atoms with Gasteiger partial charge in [-0.05, 0) is 37.1 Å². The minimum Gasteiger partial charge on any atom is -0.490 e. The number of nitrogens with one attached hydrogen (secondary N) is 1. The number of carbonyl (C=O) groups is 2. The fourth-order valence-corrected chi connectivity index (χ4v) is 3.31. The molecule has 166 valence electrons. The summed E-state index contributed by atoms with van der Waals surface area (Å²) in [6, 6.07) is 8.69. The van der Waals surface area contributed by atoms with Crippen molar-refractivity contribution in [3.8, 4) is 17.2 Å². The molecule has 9 nitrogen and oxygen atoms in total. The van der Waals surface area contributed by atoms with Gasteiger partial charge in [-0.15, -0.1) is 0 Å². The molecule has 1 heterocycles. The summed E-state index contributed by atoms with van der Waals surface area (Å²) in [5, 5.41) is 3.84. The summed E-state index contributed by atoms with van der Waals surface area (Å²) in [4.78, 5) is 28.0. The maximum absolute atomic E-state index is 12.0. The maximum atomic E-state index is 12.0. The van der Waals surface area contributed by atoms with Gasteiger partial charge in [0.2, 0.25) is 0 Å². The number of primary amides is 1. The second-order valence-electron chi connectivity index (χ2n) is 7.46. The number of hydrogen-bond acceptors (Lipinski definition) is 8. The van der Waals surface area contributed by atoms with E-state index < -0.39 is 5.91 Å². The second-order valence-corrected chi connectivity index (χ2v) is 7.46. The Bertz CT molecular complexity index is 1180. The molecule has 3 aromatic rings. The Morgan fingerprint density at radius 2 is 2.00 bits per heavy atom. The average Bonchev–Trinajstić information content (AvgIpc) is 3.59. The van der Waals surface area contributed by atoms with Gasteiger partial charge < -0.3 is 31.0 Å². The van der Waals surface area contributed by atoms with Crippen LogP contribution < -0.4 is 26.3 Å². The average molecular weight is 436 g/mol. The summed E-state index contributed by atoms with van der Waals surface area (Å²) in [6.07, 6.45) is 4.42. The zero-order valence-corrected chi connectivity index (χ0v) is 17.6. The van der Waals surface area contributed by atoms with Gasteiger partial charge in [-0.25, -0.2) is 0 Å². The van der Waals surface area contributed by atoms with Crippen LogP contribution in [-0.4, -0.2) is 43.5 Å². The fraction of sp³-hybridized carbons (Fsp3) is 0.261. The molecule has 0 atom stereocenters. The van der Waals surface area contributed by atoms with E-state index in [9.17, 15) is 9.59 Å². The molecule has 0 bridgehead atoms. The molecule has 0 aliphatic heterocycles. The lowest BCUT2D eigenvalue weighted by Gasteiger charge is -2.16. The van der Waals surface area contributed by atoms with E-state index in [4.69, 9.17) is 25.7 Å². The third kappa shape index (κ3) is 4.42. The fourth-order valence-electron chi connectivity index (χ4n) is 3.31. The molecule has 0 saturated heterocycles. The number of hydrogen-bond donors (Lipinski definition) is 3. The van der Waals surface area contributed by atoms with Crippen LogP contribution in [0.5, 0.6) is 17.2 Å². The quantitative estimate of drug-likeness (QED) is 0.250. The number of anilines is 2. The topological polar surface area (TPSA) is 139 Å². The molecule has 1 aliphatic rings. The van der Waals surface area contributed by atoms with Crippen molar-refractivity contribution in [2.45, 2.75) is 18.9 Å². The summed E-state index contributed by atoms with van der Waals surface area (Å²) in [5.41, 5.74) is 13.8. The van der Waals surface area contributed by atoms with Crippen molar-refractivity contribution in [3.05, 3.63) is 47.7 Å². The van der Waals surface area contributed by atoms with E-state index in [0.717, 1.165) is 12.8 Å². The number of aldehydes is 1. The van der Waals surface area contributed by atoms with Crippen molar-refractivity contribution >= 4 is 34.5 Å². The van der Waals surface area contributed by atoms with E-state index in [1.165, 1.54) is 0 Å². The number of benzene rings is 2. The molecule has 0 spiro atoms. The van der Waals surface area contributed by atoms with Crippen LogP contribution in [0.3, 0.4) is 0 Å². The van der Waals surface area contributed by atoms with E-state index in [1.807, 2.05) is 0 Å². The number of rotatable bonds is 10. The van der Waals surface area contributed by atoms with Gasteiger partial charge in [-0.3, -0.25) is 14.6 Å². The van der Waals surface area contributed by atoms with E-state index in [1.54, 1.807) is 43.6 Å². The van der Waals surface area contributed by atoms with E-state index in [-0.39, 0.29) is 17.9 Å². The molecule has 4 rings (SSSR count). The first-order chi connectivity index (χ1) is 15.5. The summed E-state index contributed by atoms with van der Waals surface area (Å²) in [6.45, 7) is 0.613. The molecule has 5 N–H and O–H groups in total. The lowest BCUT2D eigenvalue weighted by atomic mass is 10.1. The number of ether oxygens (including phenoxy) is 3. The molecule has 2 aromatic carbocycles. The zero-order chi connectivity index (χ0) is 22.7. The van der Waals surface area contributed by atoms with Crippen molar-refractivity contribution in [3.63, 3.8) is 0 Å². The lowest BCUT2D eigenvalue weighted by Crippen LogP contribution is -2.14. The highest BCUT2D eigenvalue weighted by molar-refractivity contribution is 6.01. The van der Waals surface area contributed by atoms with Gasteiger partial charge in [0.1, 0.15) is 18.1 Å². The van der Waals surface area contributed by atoms with Gasteiger partial charge in [-0.1, -0.05) is 0 Å². The van der Waals surface area contributed by atoms with Crippen LogP contribution in [0.15, 0.2) is 36.5 Å². The normalized spacial score (nSPS) is 13.0. The number of nitrogens with two attached hydrogens (primary N) is 2. The minimum absolute atomic E-state index is 0.192. The Morgan fingerprint density at radius 1 is 1.19 bits per heavy atom. The number of carbonyl (C=O) groups excluding carboxylic acids is 2. The third-order valence-corrected chi connectivity index (χ3v) is 5.14. The Balaban J connectivity index is 1.71. The number of fused-ring (bicyclic) bond motifs is 1. The molecular formula is C23H24N4O5. The van der Waals surface area contributed by atoms with Gasteiger partial charge in [0.15, 0.2) is 12.0 Å². The third-order valence-electron chi connectivity index (χ3n) is 5.14. The summed E-state index contributed by atoms with van der Waals surface area (Å²) in [7, 11) is 1.56. The molecule has 1 aliphatic carbocycles. The van der Waals surface area contributed by atoms with Gasteiger partial charge >= 0.3 is 0 Å². The zero-order valence-electron chi connectivity index (χ0n) is 17.6. The predicted molar refractivity (Wildman–Crippen MR) is 121 cm³/mol. The van der Waals surface area contributed by atoms with Crippen LogP contribution >= 0.6 is 0 Å². The largest absolute Gasteiger partial charge is 0.490 e. The SMILES string of the molecule is COCCOc1cc2nccc(Oc3ccc(NC4CC4)c(C=O)c3N)c2cc1C(N)=O. The highest BCUT2D eigenvalue weighted by Gasteiger charge is 2.23. The Kier molecular flexibility index (Phi) is 6.09.